The molecule has 0 aliphatic rings. The van der Waals surface area contributed by atoms with Crippen molar-refractivity contribution in [3.05, 3.63) is 23.5 Å². The monoisotopic (exact) mass is 242 g/mol. The second kappa shape index (κ2) is 5.49. The minimum absolute atomic E-state index is 0.0987. The van der Waals surface area contributed by atoms with E-state index in [1.807, 2.05) is 19.0 Å². The van der Waals surface area contributed by atoms with Crippen LogP contribution >= 0.6 is 0 Å². The summed E-state index contributed by atoms with van der Waals surface area (Å²) in [5.74, 6) is -1.97. The zero-order chi connectivity index (χ0) is 13.0. The first kappa shape index (κ1) is 13.2. The molecule has 0 bridgehead atoms. The molecule has 0 saturated heterocycles. The molecule has 3 N–H and O–H groups in total. The number of carboxylic acids is 1. The number of aromatic carboxylic acids is 1. The molecule has 0 radical (unpaired) electrons. The van der Waals surface area contributed by atoms with Crippen LogP contribution in [0.25, 0.3) is 0 Å². The summed E-state index contributed by atoms with van der Waals surface area (Å²) in [5.41, 5.74) is 5.11. The summed E-state index contributed by atoms with van der Waals surface area (Å²) in [4.78, 5) is 12.7. The Kier molecular flexibility index (Phi) is 4.28. The Balaban J connectivity index is 2.84. The Morgan fingerprint density at radius 2 is 2.18 bits per heavy atom. The van der Waals surface area contributed by atoms with Gasteiger partial charge in [0, 0.05) is 18.3 Å². The van der Waals surface area contributed by atoms with Gasteiger partial charge in [0.1, 0.15) is 6.61 Å². The molecule has 0 saturated carbocycles. The van der Waals surface area contributed by atoms with Crippen LogP contribution in [0.5, 0.6) is 5.75 Å². The number of carbonyl (C=O) groups is 1. The molecule has 0 heterocycles. The lowest BCUT2D eigenvalue weighted by Crippen LogP contribution is -2.20. The smallest absolute Gasteiger partial charge is 0.337 e. The third kappa shape index (κ3) is 3.60. The molecule has 17 heavy (non-hydrogen) atoms. The van der Waals surface area contributed by atoms with E-state index in [4.69, 9.17) is 15.6 Å². The summed E-state index contributed by atoms with van der Waals surface area (Å²) in [7, 11) is 3.71. The van der Waals surface area contributed by atoms with Gasteiger partial charge in [-0.2, -0.15) is 0 Å². The van der Waals surface area contributed by atoms with Crippen LogP contribution in [0.15, 0.2) is 12.1 Å². The quantitative estimate of drug-likeness (QED) is 0.755. The number of likely N-dealkylation sites (N-methyl/N-ethyl adjacent to an activating group) is 1. The molecule has 0 spiro atoms. The Bertz CT molecular complexity index is 421. The highest BCUT2D eigenvalue weighted by Crippen LogP contribution is 2.24. The van der Waals surface area contributed by atoms with Crippen LogP contribution in [0.2, 0.25) is 0 Å². The van der Waals surface area contributed by atoms with Gasteiger partial charge in [-0.25, -0.2) is 9.18 Å². The molecule has 1 aromatic carbocycles. The molecular formula is C11H15FN2O3. The highest BCUT2D eigenvalue weighted by Gasteiger charge is 2.14. The third-order valence-electron chi connectivity index (χ3n) is 2.13. The van der Waals surface area contributed by atoms with Crippen molar-refractivity contribution in [3.8, 4) is 5.75 Å². The van der Waals surface area contributed by atoms with Gasteiger partial charge in [0.25, 0.3) is 0 Å². The molecule has 0 aliphatic heterocycles. The van der Waals surface area contributed by atoms with Gasteiger partial charge in [-0.3, -0.25) is 0 Å². The summed E-state index contributed by atoms with van der Waals surface area (Å²) in [6, 6.07) is 2.05. The fourth-order valence-electron chi connectivity index (χ4n) is 1.20. The second-order valence-corrected chi connectivity index (χ2v) is 3.83. The molecule has 0 aliphatic carbocycles. The summed E-state index contributed by atoms with van der Waals surface area (Å²) in [6.45, 7) is 0.874. The molecule has 0 amide bonds. The standard InChI is InChI=1S/C11H15FN2O3/c1-14(2)3-4-17-10-5-7(11(15)16)9(13)6-8(10)12/h5-6H,3-4,13H2,1-2H3,(H,15,16). The van der Waals surface area contributed by atoms with Crippen molar-refractivity contribution >= 4 is 11.7 Å². The number of hydrogen-bond donors (Lipinski definition) is 2. The van der Waals surface area contributed by atoms with Crippen LogP contribution in [0, 0.1) is 5.82 Å². The van der Waals surface area contributed by atoms with Gasteiger partial charge in [-0.05, 0) is 20.2 Å². The summed E-state index contributed by atoms with van der Waals surface area (Å²) in [5, 5.41) is 8.83. The predicted octanol–water partition coefficient (Wildman–Crippen LogP) is 1.05. The van der Waals surface area contributed by atoms with E-state index in [9.17, 15) is 9.18 Å². The van der Waals surface area contributed by atoms with Crippen LogP contribution < -0.4 is 10.5 Å². The van der Waals surface area contributed by atoms with Crippen molar-refractivity contribution in [1.29, 1.82) is 0 Å². The summed E-state index contributed by atoms with van der Waals surface area (Å²) >= 11 is 0. The minimum atomic E-state index is -1.21. The molecule has 1 aromatic rings. The highest BCUT2D eigenvalue weighted by molar-refractivity contribution is 5.94. The summed E-state index contributed by atoms with van der Waals surface area (Å²) in [6.07, 6.45) is 0. The predicted molar refractivity (Wildman–Crippen MR) is 61.8 cm³/mol. The van der Waals surface area contributed by atoms with E-state index in [0.717, 1.165) is 12.1 Å². The molecule has 0 fully saturated rings. The molecule has 0 unspecified atom stereocenters. The van der Waals surface area contributed by atoms with E-state index >= 15 is 0 Å². The van der Waals surface area contributed by atoms with E-state index < -0.39 is 11.8 Å². The second-order valence-electron chi connectivity index (χ2n) is 3.83. The Morgan fingerprint density at radius 3 is 2.71 bits per heavy atom. The first-order valence-corrected chi connectivity index (χ1v) is 5.01. The number of nitrogen functional groups attached to an aromatic ring is 1. The number of carboxylic acid groups (broad SMARTS) is 1. The first-order chi connectivity index (χ1) is 7.91. The molecule has 94 valence electrons. The number of benzene rings is 1. The zero-order valence-electron chi connectivity index (χ0n) is 9.74. The maximum absolute atomic E-state index is 13.4. The van der Waals surface area contributed by atoms with Crippen molar-refractivity contribution in [2.24, 2.45) is 0 Å². The van der Waals surface area contributed by atoms with Crippen molar-refractivity contribution in [2.75, 3.05) is 33.0 Å². The van der Waals surface area contributed by atoms with Crippen molar-refractivity contribution in [3.63, 3.8) is 0 Å². The zero-order valence-corrected chi connectivity index (χ0v) is 9.74. The van der Waals surface area contributed by atoms with Crippen LogP contribution in [-0.4, -0.2) is 43.2 Å². The van der Waals surface area contributed by atoms with Crippen LogP contribution in [0.1, 0.15) is 10.4 Å². The molecule has 5 nitrogen and oxygen atoms in total. The number of nitrogens with two attached hydrogens (primary N) is 1. The molecule has 6 heteroatoms. The van der Waals surface area contributed by atoms with Crippen molar-refractivity contribution in [2.45, 2.75) is 0 Å². The maximum Gasteiger partial charge on any atom is 0.337 e. The summed E-state index contributed by atoms with van der Waals surface area (Å²) < 4.78 is 18.6. The van der Waals surface area contributed by atoms with E-state index in [1.54, 1.807) is 0 Å². The first-order valence-electron chi connectivity index (χ1n) is 5.01. The normalized spacial score (nSPS) is 10.6. The Hall–Kier alpha value is -1.82. The fourth-order valence-corrected chi connectivity index (χ4v) is 1.20. The van der Waals surface area contributed by atoms with E-state index in [-0.39, 0.29) is 23.6 Å². The molecule has 0 aromatic heterocycles. The van der Waals surface area contributed by atoms with Crippen LogP contribution in [-0.2, 0) is 0 Å². The van der Waals surface area contributed by atoms with Gasteiger partial charge in [0.15, 0.2) is 11.6 Å². The number of anilines is 1. The maximum atomic E-state index is 13.4. The number of halogens is 1. The van der Waals surface area contributed by atoms with Gasteiger partial charge in [0.05, 0.1) is 5.56 Å². The Labute approximate surface area is 98.6 Å². The lowest BCUT2D eigenvalue weighted by atomic mass is 10.1. The Morgan fingerprint density at radius 1 is 1.53 bits per heavy atom. The lowest BCUT2D eigenvalue weighted by molar-refractivity contribution is 0.0697. The SMILES string of the molecule is CN(C)CCOc1cc(C(=O)O)c(N)cc1F. The van der Waals surface area contributed by atoms with Crippen molar-refractivity contribution in [1.82, 2.24) is 4.90 Å². The largest absolute Gasteiger partial charge is 0.489 e. The van der Waals surface area contributed by atoms with E-state index in [1.165, 1.54) is 0 Å². The van der Waals surface area contributed by atoms with Crippen LogP contribution in [0.4, 0.5) is 10.1 Å². The van der Waals surface area contributed by atoms with E-state index in [0.29, 0.717) is 6.54 Å². The topological polar surface area (TPSA) is 75.8 Å². The van der Waals surface area contributed by atoms with Gasteiger partial charge >= 0.3 is 5.97 Å². The molecule has 1 rings (SSSR count). The van der Waals surface area contributed by atoms with Gasteiger partial charge < -0.3 is 20.5 Å². The molecular weight excluding hydrogens is 227 g/mol. The third-order valence-corrected chi connectivity index (χ3v) is 2.13. The van der Waals surface area contributed by atoms with Gasteiger partial charge in [-0.15, -0.1) is 0 Å². The number of hydrogen-bond acceptors (Lipinski definition) is 4. The number of nitrogens with zero attached hydrogens (tertiary/aromatic N) is 1. The average molecular weight is 242 g/mol. The number of ether oxygens (including phenoxy) is 1. The minimum Gasteiger partial charge on any atom is -0.489 e. The average Bonchev–Trinajstić information content (AvgIpc) is 2.20. The van der Waals surface area contributed by atoms with Gasteiger partial charge in [0.2, 0.25) is 0 Å². The lowest BCUT2D eigenvalue weighted by Gasteiger charge is -2.12. The van der Waals surface area contributed by atoms with Gasteiger partial charge in [-0.1, -0.05) is 0 Å². The highest BCUT2D eigenvalue weighted by atomic mass is 19.1. The van der Waals surface area contributed by atoms with E-state index in [2.05, 4.69) is 0 Å². The fraction of sp³-hybridized carbons (Fsp3) is 0.364. The van der Waals surface area contributed by atoms with Crippen molar-refractivity contribution < 1.29 is 19.0 Å². The van der Waals surface area contributed by atoms with Crippen LogP contribution in [0.3, 0.4) is 0 Å². The number of rotatable bonds is 5. The molecule has 0 atom stereocenters.